The number of rotatable bonds is 6. The van der Waals surface area contributed by atoms with Gasteiger partial charge in [0.15, 0.2) is 5.03 Å². The van der Waals surface area contributed by atoms with Crippen LogP contribution in [-0.2, 0) is 10.0 Å². The molecule has 3 heterocycles. The molecule has 0 saturated carbocycles. The van der Waals surface area contributed by atoms with E-state index in [4.69, 9.17) is 0 Å². The number of hydrogen-bond acceptors (Lipinski definition) is 7. The maximum absolute atomic E-state index is 13.2. The van der Waals surface area contributed by atoms with Gasteiger partial charge in [0, 0.05) is 24.2 Å². The van der Waals surface area contributed by atoms with Gasteiger partial charge in [-0.15, -0.1) is 11.8 Å². The molecule has 0 aliphatic carbocycles. The Labute approximate surface area is 184 Å². The van der Waals surface area contributed by atoms with Gasteiger partial charge in [-0.05, 0) is 60.8 Å². The average Bonchev–Trinajstić information content (AvgIpc) is 3.23. The quantitative estimate of drug-likeness (QED) is 0.551. The van der Waals surface area contributed by atoms with E-state index in [9.17, 15) is 13.2 Å². The molecule has 1 aliphatic heterocycles. The number of hydrogen-bond donors (Lipinski definition) is 1. The molecule has 1 amide bonds. The van der Waals surface area contributed by atoms with Crippen molar-refractivity contribution in [3.63, 3.8) is 0 Å². The van der Waals surface area contributed by atoms with E-state index >= 15 is 0 Å². The largest absolute Gasteiger partial charge is 0.339 e. The van der Waals surface area contributed by atoms with E-state index in [0.29, 0.717) is 24.0 Å². The van der Waals surface area contributed by atoms with E-state index in [1.165, 1.54) is 23.9 Å². The maximum Gasteiger partial charge on any atom is 0.280 e. The smallest absolute Gasteiger partial charge is 0.280 e. The summed E-state index contributed by atoms with van der Waals surface area (Å²) in [6.45, 7) is 3.41. The normalized spacial score (nSPS) is 14.8. The molecule has 0 radical (unpaired) electrons. The van der Waals surface area contributed by atoms with E-state index in [2.05, 4.69) is 14.1 Å². The first-order chi connectivity index (χ1) is 14.5. The van der Waals surface area contributed by atoms with Crippen molar-refractivity contribution in [3.05, 3.63) is 42.2 Å². The number of amides is 1. The van der Waals surface area contributed by atoms with Gasteiger partial charge in [0.05, 0.1) is 27.5 Å². The molecule has 7 nitrogen and oxygen atoms in total. The summed E-state index contributed by atoms with van der Waals surface area (Å²) in [6, 6.07) is 7.04. The van der Waals surface area contributed by atoms with Crippen LogP contribution in [0.1, 0.15) is 36.5 Å². The molecule has 1 fully saturated rings. The molecule has 1 saturated heterocycles. The van der Waals surface area contributed by atoms with Crippen molar-refractivity contribution >= 4 is 55.0 Å². The van der Waals surface area contributed by atoms with Gasteiger partial charge in [0.25, 0.3) is 15.9 Å². The molecule has 0 bridgehead atoms. The Kier molecular flexibility index (Phi) is 6.26. The molecule has 3 aromatic rings. The minimum absolute atomic E-state index is 0.0846. The van der Waals surface area contributed by atoms with Crippen molar-refractivity contribution in [1.82, 2.24) is 14.3 Å². The Hall–Kier alpha value is -2.17. The zero-order valence-electron chi connectivity index (χ0n) is 16.5. The van der Waals surface area contributed by atoms with Crippen molar-refractivity contribution in [2.45, 2.75) is 36.1 Å². The predicted octanol–water partition coefficient (Wildman–Crippen LogP) is 4.23. The van der Waals surface area contributed by atoms with Crippen LogP contribution < -0.4 is 4.72 Å². The predicted molar refractivity (Wildman–Crippen MR) is 121 cm³/mol. The number of benzene rings is 1. The topological polar surface area (TPSA) is 92.3 Å². The Balaban J connectivity index is 1.73. The molecule has 0 unspecified atom stereocenters. The lowest BCUT2D eigenvalue weighted by Crippen LogP contribution is -2.36. The van der Waals surface area contributed by atoms with Crippen LogP contribution in [0, 0.1) is 0 Å². The number of likely N-dealkylation sites (tertiary alicyclic amines) is 1. The van der Waals surface area contributed by atoms with E-state index in [1.807, 2.05) is 13.0 Å². The Morgan fingerprint density at radius 3 is 2.80 bits per heavy atom. The number of aromatic nitrogens is 2. The van der Waals surface area contributed by atoms with Gasteiger partial charge in [0.2, 0.25) is 0 Å². The zero-order chi connectivity index (χ0) is 21.1. The third kappa shape index (κ3) is 4.30. The van der Waals surface area contributed by atoms with E-state index in [1.54, 1.807) is 34.9 Å². The van der Waals surface area contributed by atoms with E-state index in [0.717, 1.165) is 34.6 Å². The van der Waals surface area contributed by atoms with Crippen LogP contribution in [0.15, 0.2) is 46.6 Å². The van der Waals surface area contributed by atoms with Gasteiger partial charge >= 0.3 is 0 Å². The van der Waals surface area contributed by atoms with Gasteiger partial charge in [-0.25, -0.2) is 4.98 Å². The van der Waals surface area contributed by atoms with Crippen molar-refractivity contribution in [3.8, 4) is 0 Å². The summed E-state index contributed by atoms with van der Waals surface area (Å²) < 4.78 is 33.9. The third-order valence-corrected chi connectivity index (χ3v) is 7.88. The number of nitrogens with one attached hydrogen (secondary N) is 1. The molecule has 30 heavy (non-hydrogen) atoms. The summed E-state index contributed by atoms with van der Waals surface area (Å²) in [5.41, 5.74) is 0.641. The standard InChI is InChI=1S/C20H22N4O3S3/c1-2-28-14-6-7-15(20(25)24-10-4-3-5-11-24)17(12-14)23-30(26,27)19-16-13-22-29-18(16)8-9-21-19/h6-9,12-13,23H,2-5,10-11H2,1H3. The summed E-state index contributed by atoms with van der Waals surface area (Å²) in [6.07, 6.45) is 6.00. The number of piperidine rings is 1. The molecule has 2 aromatic heterocycles. The first-order valence-corrected chi connectivity index (χ1v) is 13.0. The Morgan fingerprint density at radius 1 is 1.23 bits per heavy atom. The summed E-state index contributed by atoms with van der Waals surface area (Å²) in [4.78, 5) is 19.9. The van der Waals surface area contributed by atoms with Gasteiger partial charge in [-0.3, -0.25) is 9.52 Å². The van der Waals surface area contributed by atoms with Crippen LogP contribution in [0.25, 0.3) is 10.1 Å². The SMILES string of the molecule is CCSc1ccc(C(=O)N2CCCCC2)c(NS(=O)(=O)c2nccc3sncc23)c1. The minimum atomic E-state index is -4.00. The number of anilines is 1. The number of sulfonamides is 1. The van der Waals surface area contributed by atoms with Crippen LogP contribution in [-0.4, -0.2) is 47.4 Å². The molecule has 1 aromatic carbocycles. The number of fused-ring (bicyclic) bond motifs is 1. The van der Waals surface area contributed by atoms with Crippen LogP contribution in [0.2, 0.25) is 0 Å². The maximum atomic E-state index is 13.2. The Bertz CT molecular complexity index is 1170. The summed E-state index contributed by atoms with van der Waals surface area (Å²) in [5.74, 6) is 0.691. The monoisotopic (exact) mass is 462 g/mol. The highest BCUT2D eigenvalue weighted by Crippen LogP contribution is 2.30. The summed E-state index contributed by atoms with van der Waals surface area (Å²) >= 11 is 2.80. The number of thioether (sulfide) groups is 1. The highest BCUT2D eigenvalue weighted by Gasteiger charge is 2.26. The van der Waals surface area contributed by atoms with Crippen LogP contribution >= 0.6 is 23.3 Å². The second kappa shape index (κ2) is 8.91. The fraction of sp³-hybridized carbons (Fsp3) is 0.350. The van der Waals surface area contributed by atoms with E-state index < -0.39 is 10.0 Å². The van der Waals surface area contributed by atoms with Crippen molar-refractivity contribution in [2.75, 3.05) is 23.6 Å². The lowest BCUT2D eigenvalue weighted by molar-refractivity contribution is 0.0725. The van der Waals surface area contributed by atoms with Crippen LogP contribution in [0.4, 0.5) is 5.69 Å². The molecule has 1 aliphatic rings. The van der Waals surface area contributed by atoms with Crippen LogP contribution in [0.5, 0.6) is 0 Å². The molecule has 0 atom stereocenters. The molecule has 158 valence electrons. The number of carbonyl (C=O) groups is 1. The summed E-state index contributed by atoms with van der Waals surface area (Å²) in [5, 5.41) is 0.386. The molecule has 1 N–H and O–H groups in total. The number of pyridine rings is 1. The molecule has 0 spiro atoms. The van der Waals surface area contributed by atoms with Crippen molar-refractivity contribution in [1.29, 1.82) is 0 Å². The second-order valence-corrected chi connectivity index (χ2v) is 10.7. The molecule has 4 rings (SSSR count). The average molecular weight is 463 g/mol. The van der Waals surface area contributed by atoms with Gasteiger partial charge in [-0.1, -0.05) is 6.92 Å². The zero-order valence-corrected chi connectivity index (χ0v) is 18.9. The minimum Gasteiger partial charge on any atom is -0.339 e. The number of nitrogens with zero attached hydrogens (tertiary/aromatic N) is 3. The van der Waals surface area contributed by atoms with Gasteiger partial charge in [0.1, 0.15) is 0 Å². The van der Waals surface area contributed by atoms with Crippen molar-refractivity contribution < 1.29 is 13.2 Å². The summed E-state index contributed by atoms with van der Waals surface area (Å²) in [7, 11) is -4.00. The molecule has 10 heteroatoms. The Morgan fingerprint density at radius 2 is 2.03 bits per heavy atom. The third-order valence-electron chi connectivity index (χ3n) is 4.92. The fourth-order valence-corrected chi connectivity index (χ4v) is 6.11. The fourth-order valence-electron chi connectivity index (χ4n) is 3.50. The van der Waals surface area contributed by atoms with Crippen molar-refractivity contribution in [2.24, 2.45) is 0 Å². The first kappa shape index (κ1) is 21.1. The van der Waals surface area contributed by atoms with Crippen LogP contribution in [0.3, 0.4) is 0 Å². The van der Waals surface area contributed by atoms with E-state index in [-0.39, 0.29) is 16.6 Å². The van der Waals surface area contributed by atoms with Gasteiger partial charge < -0.3 is 4.90 Å². The highest BCUT2D eigenvalue weighted by molar-refractivity contribution is 7.99. The molecular weight excluding hydrogens is 440 g/mol. The lowest BCUT2D eigenvalue weighted by atomic mass is 10.1. The lowest BCUT2D eigenvalue weighted by Gasteiger charge is -2.27. The second-order valence-electron chi connectivity index (χ2n) is 6.95. The highest BCUT2D eigenvalue weighted by atomic mass is 32.2. The van der Waals surface area contributed by atoms with Gasteiger partial charge in [-0.2, -0.15) is 12.8 Å². The first-order valence-electron chi connectivity index (χ1n) is 9.78. The molecular formula is C20H22N4O3S3. The number of carbonyl (C=O) groups excluding carboxylic acids is 1.